The van der Waals surface area contributed by atoms with Crippen molar-refractivity contribution in [3.8, 4) is 0 Å². The summed E-state index contributed by atoms with van der Waals surface area (Å²) >= 11 is 3.30. The maximum Gasteiger partial charge on any atom is 0.296 e. The van der Waals surface area contributed by atoms with Crippen molar-refractivity contribution in [1.82, 2.24) is 0 Å². The van der Waals surface area contributed by atoms with Crippen molar-refractivity contribution >= 4 is 33.3 Å². The van der Waals surface area contributed by atoms with E-state index in [9.17, 15) is 9.59 Å². The summed E-state index contributed by atoms with van der Waals surface area (Å²) < 4.78 is 0.735. The summed E-state index contributed by atoms with van der Waals surface area (Å²) in [5.74, 6) is -1.19. The van der Waals surface area contributed by atoms with Gasteiger partial charge in [0.15, 0.2) is 0 Å². The third-order valence-corrected chi connectivity index (χ3v) is 3.06. The van der Waals surface area contributed by atoms with Crippen LogP contribution in [-0.4, -0.2) is 11.7 Å². The summed E-state index contributed by atoms with van der Waals surface area (Å²) in [6.45, 7) is 0. The summed E-state index contributed by atoms with van der Waals surface area (Å²) in [5.41, 5.74) is 0.953. The summed E-state index contributed by atoms with van der Waals surface area (Å²) in [4.78, 5) is 23.6. The first-order chi connectivity index (χ1) is 8.68. The van der Waals surface area contributed by atoms with Crippen LogP contribution < -0.4 is 5.32 Å². The van der Waals surface area contributed by atoms with E-state index in [1.54, 1.807) is 48.5 Å². The summed E-state index contributed by atoms with van der Waals surface area (Å²) in [6, 6.07) is 15.6. The number of nitrogens with one attached hydrogen (secondary N) is 1. The molecule has 1 N–H and O–H groups in total. The molecule has 2 aromatic rings. The third-order valence-electron chi connectivity index (χ3n) is 2.36. The van der Waals surface area contributed by atoms with Gasteiger partial charge in [0, 0.05) is 10.0 Å². The highest BCUT2D eigenvalue weighted by molar-refractivity contribution is 9.10. The lowest BCUT2D eigenvalue weighted by Gasteiger charge is -2.06. The van der Waals surface area contributed by atoms with Gasteiger partial charge in [-0.2, -0.15) is 0 Å². The molecule has 0 spiro atoms. The molecule has 0 aliphatic rings. The average Bonchev–Trinajstić information content (AvgIpc) is 2.41. The Balaban J connectivity index is 2.14. The first kappa shape index (κ1) is 12.5. The van der Waals surface area contributed by atoms with Crippen LogP contribution in [0.3, 0.4) is 0 Å². The Hall–Kier alpha value is -1.94. The molecule has 0 saturated heterocycles. The molecular formula is C14H10BrNO2. The maximum absolute atomic E-state index is 11.8. The highest BCUT2D eigenvalue weighted by Gasteiger charge is 2.16. The number of carbonyl (C=O) groups excluding carboxylic acids is 2. The van der Waals surface area contributed by atoms with Crippen LogP contribution in [0.1, 0.15) is 10.4 Å². The van der Waals surface area contributed by atoms with Gasteiger partial charge in [0.05, 0.1) is 5.69 Å². The third kappa shape index (κ3) is 2.84. The zero-order chi connectivity index (χ0) is 13.0. The van der Waals surface area contributed by atoms with Gasteiger partial charge < -0.3 is 5.32 Å². The van der Waals surface area contributed by atoms with Gasteiger partial charge >= 0.3 is 0 Å². The fourth-order valence-corrected chi connectivity index (χ4v) is 1.85. The number of halogens is 1. The van der Waals surface area contributed by atoms with E-state index < -0.39 is 11.7 Å². The van der Waals surface area contributed by atoms with Gasteiger partial charge in [-0.15, -0.1) is 0 Å². The van der Waals surface area contributed by atoms with Crippen molar-refractivity contribution < 1.29 is 9.59 Å². The Bertz CT molecular complexity index is 581. The molecule has 0 bridgehead atoms. The predicted molar refractivity (Wildman–Crippen MR) is 73.5 cm³/mol. The molecule has 4 heteroatoms. The molecule has 0 saturated carbocycles. The van der Waals surface area contributed by atoms with E-state index in [2.05, 4.69) is 21.2 Å². The number of amides is 1. The minimum atomic E-state index is -0.645. The molecule has 3 nitrogen and oxygen atoms in total. The Morgan fingerprint density at radius 1 is 0.889 bits per heavy atom. The molecule has 2 rings (SSSR count). The number of Topliss-reactive ketones (excluding diaryl/α,β-unsaturated/α-hetero) is 1. The molecule has 0 unspecified atom stereocenters. The van der Waals surface area contributed by atoms with E-state index in [4.69, 9.17) is 0 Å². The van der Waals surface area contributed by atoms with E-state index in [1.165, 1.54) is 0 Å². The number of carbonyl (C=O) groups is 2. The van der Waals surface area contributed by atoms with E-state index in [0.717, 1.165) is 4.47 Å². The molecule has 2 aromatic carbocycles. The second kappa shape index (κ2) is 5.60. The van der Waals surface area contributed by atoms with Crippen molar-refractivity contribution in [3.05, 3.63) is 64.6 Å². The lowest BCUT2D eigenvalue weighted by atomic mass is 10.1. The summed E-state index contributed by atoms with van der Waals surface area (Å²) in [7, 11) is 0. The molecule has 0 aliphatic heterocycles. The van der Waals surface area contributed by atoms with Gasteiger partial charge in [-0.05, 0) is 28.1 Å². The van der Waals surface area contributed by atoms with Crippen LogP contribution in [0.25, 0.3) is 0 Å². The number of ketones is 1. The molecule has 90 valence electrons. The molecule has 0 fully saturated rings. The van der Waals surface area contributed by atoms with Crippen LogP contribution in [0.5, 0.6) is 0 Å². The number of para-hydroxylation sites is 1. The maximum atomic E-state index is 11.8. The Morgan fingerprint density at radius 2 is 1.50 bits per heavy atom. The molecule has 0 aliphatic carbocycles. The number of benzene rings is 2. The first-order valence-corrected chi connectivity index (χ1v) is 6.13. The summed E-state index contributed by atoms with van der Waals surface area (Å²) in [6.07, 6.45) is 0. The van der Waals surface area contributed by atoms with Crippen LogP contribution in [0.15, 0.2) is 59.1 Å². The normalized spacial score (nSPS) is 9.83. The molecule has 0 aromatic heterocycles. The van der Waals surface area contributed by atoms with Crippen LogP contribution in [0, 0.1) is 0 Å². The molecule has 0 atom stereocenters. The van der Waals surface area contributed by atoms with Gasteiger partial charge in [-0.25, -0.2) is 0 Å². The second-order valence-corrected chi connectivity index (χ2v) is 4.48. The van der Waals surface area contributed by atoms with E-state index in [-0.39, 0.29) is 0 Å². The predicted octanol–water partition coefficient (Wildman–Crippen LogP) is 3.27. The van der Waals surface area contributed by atoms with Crippen LogP contribution >= 0.6 is 15.9 Å². The Labute approximate surface area is 113 Å². The molecule has 0 radical (unpaired) electrons. The number of hydrogen-bond donors (Lipinski definition) is 1. The SMILES string of the molecule is O=C(Nc1ccccc1Br)C(=O)c1ccccc1. The van der Waals surface area contributed by atoms with Gasteiger partial charge in [0.25, 0.3) is 11.7 Å². The largest absolute Gasteiger partial charge is 0.318 e. The lowest BCUT2D eigenvalue weighted by molar-refractivity contribution is -0.112. The van der Waals surface area contributed by atoms with E-state index >= 15 is 0 Å². The fraction of sp³-hybridized carbons (Fsp3) is 0. The van der Waals surface area contributed by atoms with Gasteiger partial charge in [-0.1, -0.05) is 42.5 Å². The van der Waals surface area contributed by atoms with Crippen molar-refractivity contribution in [1.29, 1.82) is 0 Å². The van der Waals surface area contributed by atoms with Gasteiger partial charge in [-0.3, -0.25) is 9.59 Å². The standard InChI is InChI=1S/C14H10BrNO2/c15-11-8-4-5-9-12(11)16-14(18)13(17)10-6-2-1-3-7-10/h1-9H,(H,16,18). The quantitative estimate of drug-likeness (QED) is 0.699. The van der Waals surface area contributed by atoms with Crippen LogP contribution in [-0.2, 0) is 4.79 Å². The first-order valence-electron chi connectivity index (χ1n) is 5.34. The van der Waals surface area contributed by atoms with Crippen molar-refractivity contribution in [2.45, 2.75) is 0 Å². The van der Waals surface area contributed by atoms with Gasteiger partial charge in [0.2, 0.25) is 0 Å². The molecule has 0 heterocycles. The zero-order valence-corrected chi connectivity index (χ0v) is 11.0. The average molecular weight is 304 g/mol. The number of hydrogen-bond acceptors (Lipinski definition) is 2. The minimum Gasteiger partial charge on any atom is -0.318 e. The topological polar surface area (TPSA) is 46.2 Å². The van der Waals surface area contributed by atoms with Crippen LogP contribution in [0.2, 0.25) is 0 Å². The Morgan fingerprint density at radius 3 is 2.17 bits per heavy atom. The monoisotopic (exact) mass is 303 g/mol. The summed E-state index contributed by atoms with van der Waals surface area (Å²) in [5, 5.41) is 2.57. The Kier molecular flexibility index (Phi) is 3.89. The lowest BCUT2D eigenvalue weighted by Crippen LogP contribution is -2.22. The van der Waals surface area contributed by atoms with Crippen molar-refractivity contribution in [2.75, 3.05) is 5.32 Å². The van der Waals surface area contributed by atoms with Crippen molar-refractivity contribution in [2.24, 2.45) is 0 Å². The van der Waals surface area contributed by atoms with E-state index in [1.807, 2.05) is 6.07 Å². The van der Waals surface area contributed by atoms with Crippen LogP contribution in [0.4, 0.5) is 5.69 Å². The minimum absolute atomic E-state index is 0.377. The highest BCUT2D eigenvalue weighted by atomic mass is 79.9. The van der Waals surface area contributed by atoms with Gasteiger partial charge in [0.1, 0.15) is 0 Å². The van der Waals surface area contributed by atoms with Crippen molar-refractivity contribution in [3.63, 3.8) is 0 Å². The molecule has 1 amide bonds. The molecule has 18 heavy (non-hydrogen) atoms. The zero-order valence-electron chi connectivity index (χ0n) is 9.39. The second-order valence-electron chi connectivity index (χ2n) is 3.63. The highest BCUT2D eigenvalue weighted by Crippen LogP contribution is 2.21. The smallest absolute Gasteiger partial charge is 0.296 e. The van der Waals surface area contributed by atoms with E-state index in [0.29, 0.717) is 11.3 Å². The fourth-order valence-electron chi connectivity index (χ4n) is 1.46. The molecular weight excluding hydrogens is 294 g/mol. The number of rotatable bonds is 3. The number of anilines is 1.